The van der Waals surface area contributed by atoms with E-state index in [1.54, 1.807) is 10.6 Å². The SMILES string of the molecule is C#CCn1c(=NC(=O)c2cccc(F)c2)sc2cccc(Cl)c21. The standard InChI is InChI=1S/C17H10ClFN2OS/c1-2-9-21-15-13(18)7-4-8-14(15)23-17(21)20-16(22)11-5-3-6-12(19)10-11/h1,3-8,10H,9H2. The van der Waals surface area contributed by atoms with Crippen LogP contribution in [0.3, 0.4) is 0 Å². The molecule has 0 bridgehead atoms. The van der Waals surface area contributed by atoms with E-state index in [9.17, 15) is 9.18 Å². The molecule has 0 aliphatic rings. The molecule has 3 nitrogen and oxygen atoms in total. The van der Waals surface area contributed by atoms with Gasteiger partial charge in [-0.25, -0.2) is 4.39 Å². The first-order valence-corrected chi connectivity index (χ1v) is 7.85. The third kappa shape index (κ3) is 3.04. The number of halogens is 2. The van der Waals surface area contributed by atoms with Crippen LogP contribution in [0.2, 0.25) is 5.02 Å². The van der Waals surface area contributed by atoms with Gasteiger partial charge in [0, 0.05) is 5.56 Å². The summed E-state index contributed by atoms with van der Waals surface area (Å²) in [4.78, 5) is 16.8. The second-order valence-electron chi connectivity index (χ2n) is 4.69. The highest BCUT2D eigenvalue weighted by molar-refractivity contribution is 7.16. The summed E-state index contributed by atoms with van der Waals surface area (Å²) in [5.41, 5.74) is 0.920. The zero-order valence-electron chi connectivity index (χ0n) is 11.8. The van der Waals surface area contributed by atoms with E-state index in [1.807, 2.05) is 12.1 Å². The van der Waals surface area contributed by atoms with Crippen LogP contribution >= 0.6 is 22.9 Å². The molecule has 6 heteroatoms. The molecule has 0 N–H and O–H groups in total. The Bertz CT molecular complexity index is 1010. The van der Waals surface area contributed by atoms with Gasteiger partial charge in [-0.3, -0.25) is 4.79 Å². The molecule has 3 rings (SSSR count). The molecule has 0 fully saturated rings. The number of terminal acetylenes is 1. The van der Waals surface area contributed by atoms with Gasteiger partial charge in [0.05, 0.1) is 21.8 Å². The molecule has 0 radical (unpaired) electrons. The van der Waals surface area contributed by atoms with Gasteiger partial charge in [0.1, 0.15) is 5.82 Å². The van der Waals surface area contributed by atoms with Gasteiger partial charge in [0.2, 0.25) is 0 Å². The maximum Gasteiger partial charge on any atom is 0.279 e. The van der Waals surface area contributed by atoms with Crippen molar-refractivity contribution in [3.8, 4) is 12.3 Å². The third-order valence-corrected chi connectivity index (χ3v) is 4.52. The maximum absolute atomic E-state index is 13.2. The summed E-state index contributed by atoms with van der Waals surface area (Å²) in [6, 6.07) is 10.9. The van der Waals surface area contributed by atoms with Crippen molar-refractivity contribution in [2.24, 2.45) is 4.99 Å². The van der Waals surface area contributed by atoms with Gasteiger partial charge >= 0.3 is 0 Å². The van der Waals surface area contributed by atoms with Crippen molar-refractivity contribution in [1.29, 1.82) is 0 Å². The molecule has 0 unspecified atom stereocenters. The van der Waals surface area contributed by atoms with Crippen molar-refractivity contribution < 1.29 is 9.18 Å². The highest BCUT2D eigenvalue weighted by atomic mass is 35.5. The van der Waals surface area contributed by atoms with Crippen molar-refractivity contribution in [3.63, 3.8) is 0 Å². The highest BCUT2D eigenvalue weighted by Crippen LogP contribution is 2.25. The fourth-order valence-electron chi connectivity index (χ4n) is 2.18. The number of nitrogens with zero attached hydrogens (tertiary/aromatic N) is 2. The molecule has 0 aliphatic carbocycles. The number of hydrogen-bond donors (Lipinski definition) is 0. The molecular formula is C17H10ClFN2OS. The van der Waals surface area contributed by atoms with E-state index in [1.165, 1.54) is 29.5 Å². The van der Waals surface area contributed by atoms with E-state index in [0.29, 0.717) is 9.82 Å². The maximum atomic E-state index is 13.2. The number of carbonyl (C=O) groups excluding carboxylic acids is 1. The number of rotatable bonds is 2. The molecular weight excluding hydrogens is 335 g/mol. The first-order valence-electron chi connectivity index (χ1n) is 6.66. The second kappa shape index (κ2) is 6.37. The van der Waals surface area contributed by atoms with Crippen LogP contribution in [0, 0.1) is 18.2 Å². The number of para-hydroxylation sites is 1. The lowest BCUT2D eigenvalue weighted by molar-refractivity contribution is 0.0997. The van der Waals surface area contributed by atoms with E-state index < -0.39 is 11.7 Å². The molecule has 23 heavy (non-hydrogen) atoms. The Hall–Kier alpha value is -2.42. The predicted octanol–water partition coefficient (Wildman–Crippen LogP) is 3.87. The average molecular weight is 345 g/mol. The molecule has 1 aromatic heterocycles. The number of aromatic nitrogens is 1. The third-order valence-electron chi connectivity index (χ3n) is 3.17. The number of hydrogen-bond acceptors (Lipinski definition) is 2. The second-order valence-corrected chi connectivity index (χ2v) is 6.11. The molecule has 0 saturated carbocycles. The number of amides is 1. The van der Waals surface area contributed by atoms with Crippen LogP contribution < -0.4 is 4.80 Å². The lowest BCUT2D eigenvalue weighted by Gasteiger charge is -2.01. The van der Waals surface area contributed by atoms with E-state index in [0.717, 1.165) is 16.3 Å². The summed E-state index contributed by atoms with van der Waals surface area (Å²) in [6.45, 7) is 0.235. The fourth-order valence-corrected chi connectivity index (χ4v) is 3.57. The number of fused-ring (bicyclic) bond motifs is 1. The highest BCUT2D eigenvalue weighted by Gasteiger charge is 2.11. The Labute approximate surface area is 140 Å². The zero-order chi connectivity index (χ0) is 16.4. The Balaban J connectivity index is 2.19. The quantitative estimate of drug-likeness (QED) is 0.650. The number of benzene rings is 2. The van der Waals surface area contributed by atoms with Crippen LogP contribution in [-0.4, -0.2) is 10.5 Å². The molecule has 0 spiro atoms. The molecule has 114 valence electrons. The lowest BCUT2D eigenvalue weighted by Crippen LogP contribution is -2.16. The molecule has 0 aliphatic heterocycles. The van der Waals surface area contributed by atoms with Crippen LogP contribution in [0.25, 0.3) is 10.2 Å². The van der Waals surface area contributed by atoms with Crippen molar-refractivity contribution >= 4 is 39.1 Å². The Morgan fingerprint density at radius 2 is 2.13 bits per heavy atom. The molecule has 0 atom stereocenters. The normalized spacial score (nSPS) is 11.6. The fraction of sp³-hybridized carbons (Fsp3) is 0.0588. The summed E-state index contributed by atoms with van der Waals surface area (Å²) in [7, 11) is 0. The molecule has 1 heterocycles. The smallest absolute Gasteiger partial charge is 0.279 e. The first kappa shape index (κ1) is 15.5. The Morgan fingerprint density at radius 3 is 2.87 bits per heavy atom. The summed E-state index contributed by atoms with van der Waals surface area (Å²) in [6.07, 6.45) is 5.41. The van der Waals surface area contributed by atoms with Gasteiger partial charge in [-0.2, -0.15) is 4.99 Å². The predicted molar refractivity (Wildman–Crippen MR) is 90.0 cm³/mol. The molecule has 2 aromatic carbocycles. The van der Waals surface area contributed by atoms with Gasteiger partial charge in [-0.05, 0) is 30.3 Å². The van der Waals surface area contributed by atoms with Gasteiger partial charge in [-0.15, -0.1) is 6.42 Å². The van der Waals surface area contributed by atoms with Crippen LogP contribution in [0.4, 0.5) is 4.39 Å². The number of carbonyl (C=O) groups is 1. The summed E-state index contributed by atoms with van der Waals surface area (Å²) < 4.78 is 15.8. The zero-order valence-corrected chi connectivity index (χ0v) is 13.4. The molecule has 1 amide bonds. The molecule has 0 saturated heterocycles. The van der Waals surface area contributed by atoms with E-state index in [2.05, 4.69) is 10.9 Å². The van der Waals surface area contributed by atoms with Crippen LogP contribution in [0.5, 0.6) is 0 Å². The van der Waals surface area contributed by atoms with Crippen molar-refractivity contribution in [1.82, 2.24) is 4.57 Å². The van der Waals surface area contributed by atoms with Crippen LogP contribution in [0.1, 0.15) is 10.4 Å². The van der Waals surface area contributed by atoms with E-state index in [4.69, 9.17) is 18.0 Å². The average Bonchev–Trinajstić information content (AvgIpc) is 2.86. The van der Waals surface area contributed by atoms with E-state index in [-0.39, 0.29) is 12.1 Å². The number of thiazole rings is 1. The van der Waals surface area contributed by atoms with Crippen molar-refractivity contribution in [2.75, 3.05) is 0 Å². The minimum absolute atomic E-state index is 0.181. The Morgan fingerprint density at radius 1 is 1.35 bits per heavy atom. The molecule has 3 aromatic rings. The van der Waals surface area contributed by atoms with Gasteiger partial charge in [0.25, 0.3) is 5.91 Å². The Kier molecular flexibility index (Phi) is 4.28. The summed E-state index contributed by atoms with van der Waals surface area (Å²) in [5, 5.41) is 0.536. The van der Waals surface area contributed by atoms with Crippen molar-refractivity contribution in [2.45, 2.75) is 6.54 Å². The first-order chi connectivity index (χ1) is 11.1. The van der Waals surface area contributed by atoms with Gasteiger partial charge in [0.15, 0.2) is 4.80 Å². The van der Waals surface area contributed by atoms with Crippen LogP contribution in [-0.2, 0) is 6.54 Å². The van der Waals surface area contributed by atoms with E-state index >= 15 is 0 Å². The van der Waals surface area contributed by atoms with Gasteiger partial charge in [-0.1, -0.05) is 41.0 Å². The van der Waals surface area contributed by atoms with Crippen LogP contribution in [0.15, 0.2) is 47.5 Å². The minimum Gasteiger partial charge on any atom is -0.303 e. The van der Waals surface area contributed by atoms with Gasteiger partial charge < -0.3 is 4.57 Å². The summed E-state index contributed by atoms with van der Waals surface area (Å²) >= 11 is 7.53. The minimum atomic E-state index is -0.530. The topological polar surface area (TPSA) is 34.4 Å². The largest absolute Gasteiger partial charge is 0.303 e. The lowest BCUT2D eigenvalue weighted by atomic mass is 10.2. The monoisotopic (exact) mass is 344 g/mol. The van der Waals surface area contributed by atoms with Crippen molar-refractivity contribution in [3.05, 3.63) is 63.7 Å². The summed E-state index contributed by atoms with van der Waals surface area (Å²) in [5.74, 6) is 1.52.